The maximum Gasteiger partial charge on any atom is 0.350 e. The van der Waals surface area contributed by atoms with E-state index in [1.165, 1.54) is 22.7 Å². The first-order valence-electron chi connectivity index (χ1n) is 8.39. The number of halogens is 1. The van der Waals surface area contributed by atoms with Gasteiger partial charge in [0.15, 0.2) is 6.10 Å². The van der Waals surface area contributed by atoms with Crippen molar-refractivity contribution in [3.05, 3.63) is 51.2 Å². The Hall–Kier alpha value is -1.74. The Morgan fingerprint density at radius 3 is 2.41 bits per heavy atom. The number of ether oxygens (including phenoxy) is 1. The van der Waals surface area contributed by atoms with E-state index in [0.29, 0.717) is 23.7 Å². The molecule has 2 aromatic rings. The minimum Gasteiger partial charge on any atom is -0.450 e. The van der Waals surface area contributed by atoms with Gasteiger partial charge >= 0.3 is 5.97 Å². The fourth-order valence-corrected chi connectivity index (χ4v) is 5.75. The number of carbonyl (C=O) groups is 2. The second-order valence-corrected chi connectivity index (χ2v) is 9.40. The molecule has 0 aliphatic carbocycles. The molecule has 27 heavy (non-hydrogen) atoms. The van der Waals surface area contributed by atoms with Gasteiger partial charge in [-0.3, -0.25) is 4.79 Å². The molecule has 0 bridgehead atoms. The molecule has 0 radical (unpaired) electrons. The average molecular weight is 428 g/mol. The first kappa shape index (κ1) is 20.0. The number of sulfonamides is 1. The first-order valence-corrected chi connectivity index (χ1v) is 11.1. The molecule has 1 aliphatic rings. The van der Waals surface area contributed by atoms with Crippen molar-refractivity contribution in [3.63, 3.8) is 0 Å². The third kappa shape index (κ3) is 4.24. The summed E-state index contributed by atoms with van der Waals surface area (Å²) in [6.07, 6.45) is 0.550. The predicted molar refractivity (Wildman–Crippen MR) is 103 cm³/mol. The van der Waals surface area contributed by atoms with E-state index in [1.807, 2.05) is 0 Å². The van der Waals surface area contributed by atoms with Gasteiger partial charge in [-0.2, -0.15) is 4.31 Å². The molecule has 0 saturated carbocycles. The van der Waals surface area contributed by atoms with Gasteiger partial charge in [0, 0.05) is 23.7 Å². The van der Waals surface area contributed by atoms with Crippen LogP contribution in [0.25, 0.3) is 0 Å². The Bertz CT molecular complexity index is 946. The van der Waals surface area contributed by atoms with Gasteiger partial charge in [-0.1, -0.05) is 11.6 Å². The minimum absolute atomic E-state index is 0.0161. The normalized spacial score (nSPS) is 16.2. The number of nitrogens with zero attached hydrogens (tertiary/aromatic N) is 1. The molecule has 9 heteroatoms. The van der Waals surface area contributed by atoms with Crippen LogP contribution in [0.5, 0.6) is 0 Å². The number of hydrogen-bond donors (Lipinski definition) is 0. The summed E-state index contributed by atoms with van der Waals surface area (Å²) in [7, 11) is -3.74. The van der Waals surface area contributed by atoms with Gasteiger partial charge < -0.3 is 4.74 Å². The molecule has 1 fully saturated rings. The van der Waals surface area contributed by atoms with Crippen LogP contribution in [-0.2, 0) is 14.8 Å². The summed E-state index contributed by atoms with van der Waals surface area (Å²) in [6, 6.07) is 7.64. The summed E-state index contributed by atoms with van der Waals surface area (Å²) in [6.45, 7) is 2.34. The Morgan fingerprint density at radius 2 is 1.78 bits per heavy atom. The average Bonchev–Trinajstić information content (AvgIpc) is 3.33. The summed E-state index contributed by atoms with van der Waals surface area (Å²) < 4.78 is 32.1. The molecule has 1 atom stereocenters. The van der Waals surface area contributed by atoms with Crippen LogP contribution in [0, 0.1) is 0 Å². The second kappa shape index (κ2) is 8.10. The lowest BCUT2D eigenvalue weighted by atomic mass is 10.1. The Labute approximate surface area is 166 Å². The Balaban J connectivity index is 1.76. The quantitative estimate of drug-likeness (QED) is 0.519. The fourth-order valence-electron chi connectivity index (χ4n) is 2.83. The Morgan fingerprint density at radius 1 is 1.15 bits per heavy atom. The van der Waals surface area contributed by atoms with E-state index < -0.39 is 22.1 Å². The fraction of sp³-hybridized carbons (Fsp3) is 0.333. The highest BCUT2D eigenvalue weighted by molar-refractivity contribution is 7.89. The van der Waals surface area contributed by atoms with Crippen LogP contribution in [0.2, 0.25) is 5.02 Å². The molecule has 144 valence electrons. The summed E-state index contributed by atoms with van der Waals surface area (Å²) in [5.74, 6) is -1.21. The van der Waals surface area contributed by atoms with Crippen LogP contribution in [0.1, 0.15) is 39.8 Å². The summed E-state index contributed by atoms with van der Waals surface area (Å²) in [5, 5.41) is 2.03. The zero-order chi connectivity index (χ0) is 19.6. The van der Waals surface area contributed by atoms with Gasteiger partial charge in [-0.25, -0.2) is 13.2 Å². The van der Waals surface area contributed by atoms with Crippen LogP contribution >= 0.6 is 22.9 Å². The number of Topliss-reactive ketones (excluding diaryl/α,β-unsaturated/α-hetero) is 1. The number of benzene rings is 1. The van der Waals surface area contributed by atoms with Crippen LogP contribution in [0.4, 0.5) is 0 Å². The number of carbonyl (C=O) groups excluding carboxylic acids is 2. The van der Waals surface area contributed by atoms with Gasteiger partial charge in [-0.05, 0) is 55.5 Å². The van der Waals surface area contributed by atoms with Crippen molar-refractivity contribution in [1.82, 2.24) is 4.31 Å². The molecule has 1 saturated heterocycles. The van der Waals surface area contributed by atoms with E-state index in [0.717, 1.165) is 24.2 Å². The minimum atomic E-state index is -3.74. The molecule has 1 aromatic carbocycles. The molecule has 1 aromatic heterocycles. The SMILES string of the molecule is C[C@H](OC(=O)c1sccc1S(=O)(=O)N1CCCC1)C(=O)c1ccc(Cl)cc1. The van der Waals surface area contributed by atoms with Crippen molar-refractivity contribution < 1.29 is 22.7 Å². The molecule has 2 heterocycles. The van der Waals surface area contributed by atoms with E-state index in [1.54, 1.807) is 24.3 Å². The van der Waals surface area contributed by atoms with Gasteiger partial charge in [0.25, 0.3) is 0 Å². The smallest absolute Gasteiger partial charge is 0.350 e. The molecule has 0 N–H and O–H groups in total. The topological polar surface area (TPSA) is 80.8 Å². The lowest BCUT2D eigenvalue weighted by molar-refractivity contribution is 0.0320. The highest BCUT2D eigenvalue weighted by Gasteiger charge is 2.33. The van der Waals surface area contributed by atoms with Crippen molar-refractivity contribution in [1.29, 1.82) is 0 Å². The van der Waals surface area contributed by atoms with E-state index in [9.17, 15) is 18.0 Å². The third-order valence-electron chi connectivity index (χ3n) is 4.28. The van der Waals surface area contributed by atoms with Gasteiger partial charge in [0.05, 0.1) is 0 Å². The summed E-state index contributed by atoms with van der Waals surface area (Å²) >= 11 is 6.79. The molecular weight excluding hydrogens is 410 g/mol. The monoisotopic (exact) mass is 427 g/mol. The molecule has 0 unspecified atom stereocenters. The van der Waals surface area contributed by atoms with Crippen molar-refractivity contribution >= 4 is 44.7 Å². The highest BCUT2D eigenvalue weighted by Crippen LogP contribution is 2.28. The van der Waals surface area contributed by atoms with E-state index in [2.05, 4.69) is 0 Å². The van der Waals surface area contributed by atoms with Gasteiger partial charge in [0.1, 0.15) is 9.77 Å². The lowest BCUT2D eigenvalue weighted by Crippen LogP contribution is -2.29. The van der Waals surface area contributed by atoms with Gasteiger partial charge in [0.2, 0.25) is 15.8 Å². The van der Waals surface area contributed by atoms with Crippen LogP contribution < -0.4 is 0 Å². The number of hydrogen-bond acceptors (Lipinski definition) is 6. The molecular formula is C18H18ClNO5S2. The van der Waals surface area contributed by atoms with E-state index >= 15 is 0 Å². The summed E-state index contributed by atoms with van der Waals surface area (Å²) in [5.41, 5.74) is 0.357. The zero-order valence-corrected chi connectivity index (χ0v) is 16.9. The number of ketones is 1. The standard InChI is InChI=1S/C18H18ClNO5S2/c1-12(16(21)13-4-6-14(19)7-5-13)25-18(22)17-15(8-11-26-17)27(23,24)20-9-2-3-10-20/h4-8,11-12H,2-3,9-10H2,1H3/t12-/m0/s1. The zero-order valence-electron chi connectivity index (χ0n) is 14.6. The molecule has 3 rings (SSSR count). The number of esters is 1. The van der Waals surface area contributed by atoms with Crippen molar-refractivity contribution in [2.24, 2.45) is 0 Å². The van der Waals surface area contributed by atoms with Crippen LogP contribution in [0.15, 0.2) is 40.6 Å². The van der Waals surface area contributed by atoms with Gasteiger partial charge in [-0.15, -0.1) is 11.3 Å². The number of rotatable bonds is 6. The van der Waals surface area contributed by atoms with Crippen LogP contribution in [-0.4, -0.2) is 43.7 Å². The van der Waals surface area contributed by atoms with Crippen molar-refractivity contribution in [3.8, 4) is 0 Å². The molecule has 6 nitrogen and oxygen atoms in total. The van der Waals surface area contributed by atoms with E-state index in [4.69, 9.17) is 16.3 Å². The molecule has 0 spiro atoms. The van der Waals surface area contributed by atoms with Crippen molar-refractivity contribution in [2.75, 3.05) is 13.1 Å². The largest absolute Gasteiger partial charge is 0.450 e. The number of thiophene rings is 1. The molecule has 1 aliphatic heterocycles. The van der Waals surface area contributed by atoms with Crippen LogP contribution in [0.3, 0.4) is 0 Å². The van der Waals surface area contributed by atoms with E-state index in [-0.39, 0.29) is 15.6 Å². The lowest BCUT2D eigenvalue weighted by Gasteiger charge is -2.16. The van der Waals surface area contributed by atoms with Crippen molar-refractivity contribution in [2.45, 2.75) is 30.8 Å². The second-order valence-electron chi connectivity index (χ2n) is 6.14. The molecule has 0 amide bonds. The third-order valence-corrected chi connectivity index (χ3v) is 7.50. The Kier molecular flexibility index (Phi) is 6.00. The predicted octanol–water partition coefficient (Wildman–Crippen LogP) is 3.61. The highest BCUT2D eigenvalue weighted by atomic mass is 35.5. The maximum atomic E-state index is 12.7. The first-order chi connectivity index (χ1) is 12.8. The maximum absolute atomic E-state index is 12.7. The summed E-state index contributed by atoms with van der Waals surface area (Å²) in [4.78, 5) is 24.8.